The largest absolute Gasteiger partial charge is 0.504 e. The fraction of sp³-hybridized carbons (Fsp3) is 0.200. The molecule has 4 aromatic rings. The standard InChI is InChI=1S/C25H24N4O3/c1-31-24-10-8-19(16-23(24)30)18-7-9-22-21(15-18)25(27-17-26-22)29(20-5-3-2-4-6-20)28-11-13-32-14-12-28/h2-10,15-17,30H,11-14H2,1H3. The smallest absolute Gasteiger partial charge is 0.160 e. The number of morpholine rings is 1. The van der Waals surface area contributed by atoms with Gasteiger partial charge in [-0.05, 0) is 47.5 Å². The Bertz CT molecular complexity index is 1230. The second-order valence-electron chi connectivity index (χ2n) is 7.53. The molecule has 1 aromatic heterocycles. The number of anilines is 2. The molecule has 1 aliphatic rings. The molecule has 0 radical (unpaired) electrons. The van der Waals surface area contributed by atoms with Crippen molar-refractivity contribution >= 4 is 22.4 Å². The second-order valence-corrected chi connectivity index (χ2v) is 7.53. The summed E-state index contributed by atoms with van der Waals surface area (Å²) in [5.41, 5.74) is 3.73. The van der Waals surface area contributed by atoms with Gasteiger partial charge in [0.05, 0.1) is 31.5 Å². The number of benzene rings is 3. The van der Waals surface area contributed by atoms with E-state index >= 15 is 0 Å². The third-order valence-corrected chi connectivity index (χ3v) is 5.60. The van der Waals surface area contributed by atoms with E-state index in [-0.39, 0.29) is 5.75 Å². The van der Waals surface area contributed by atoms with E-state index in [1.54, 1.807) is 18.5 Å². The maximum atomic E-state index is 10.3. The van der Waals surface area contributed by atoms with Crippen molar-refractivity contribution in [3.8, 4) is 22.6 Å². The molecule has 5 rings (SSSR count). The average Bonchev–Trinajstić information content (AvgIpc) is 2.85. The highest BCUT2D eigenvalue weighted by atomic mass is 16.5. The molecular weight excluding hydrogens is 404 g/mol. The number of aromatic hydroxyl groups is 1. The van der Waals surface area contributed by atoms with E-state index < -0.39 is 0 Å². The van der Waals surface area contributed by atoms with E-state index in [0.29, 0.717) is 19.0 Å². The topological polar surface area (TPSA) is 71.0 Å². The van der Waals surface area contributed by atoms with E-state index in [0.717, 1.165) is 46.6 Å². The number of hydrazine groups is 1. The molecule has 0 saturated carbocycles. The number of hydrogen-bond acceptors (Lipinski definition) is 7. The molecule has 0 bridgehead atoms. The van der Waals surface area contributed by atoms with Crippen LogP contribution in [0.25, 0.3) is 22.0 Å². The van der Waals surface area contributed by atoms with Crippen molar-refractivity contribution in [2.24, 2.45) is 0 Å². The zero-order valence-corrected chi connectivity index (χ0v) is 17.8. The Morgan fingerprint density at radius 2 is 1.69 bits per heavy atom. The first-order chi connectivity index (χ1) is 15.7. The number of para-hydroxylation sites is 1. The number of ether oxygens (including phenoxy) is 2. The summed E-state index contributed by atoms with van der Waals surface area (Å²) < 4.78 is 10.8. The van der Waals surface area contributed by atoms with Crippen LogP contribution in [0.3, 0.4) is 0 Å². The fourth-order valence-corrected chi connectivity index (χ4v) is 4.00. The van der Waals surface area contributed by atoms with Crippen LogP contribution in [0.15, 0.2) is 73.1 Å². The number of rotatable bonds is 5. The van der Waals surface area contributed by atoms with Crippen molar-refractivity contribution in [2.75, 3.05) is 38.4 Å². The Kier molecular flexibility index (Phi) is 5.58. The summed E-state index contributed by atoms with van der Waals surface area (Å²) in [7, 11) is 1.54. The van der Waals surface area contributed by atoms with Crippen LogP contribution >= 0.6 is 0 Å². The second kappa shape index (κ2) is 8.82. The number of aromatic nitrogens is 2. The predicted octanol–water partition coefficient (Wildman–Crippen LogP) is 4.40. The minimum Gasteiger partial charge on any atom is -0.504 e. The van der Waals surface area contributed by atoms with Crippen molar-refractivity contribution < 1.29 is 14.6 Å². The first-order valence-electron chi connectivity index (χ1n) is 10.5. The van der Waals surface area contributed by atoms with Crippen molar-refractivity contribution in [3.63, 3.8) is 0 Å². The van der Waals surface area contributed by atoms with Crippen molar-refractivity contribution in [1.82, 2.24) is 15.0 Å². The number of phenols is 1. The molecule has 1 fully saturated rings. The van der Waals surface area contributed by atoms with Crippen LogP contribution < -0.4 is 9.75 Å². The van der Waals surface area contributed by atoms with Crippen LogP contribution in [-0.2, 0) is 4.74 Å². The van der Waals surface area contributed by atoms with Crippen LogP contribution in [0, 0.1) is 0 Å². The first-order valence-corrected chi connectivity index (χ1v) is 10.5. The summed E-state index contributed by atoms with van der Waals surface area (Å²) in [6, 6.07) is 21.7. The molecule has 0 aliphatic carbocycles. The van der Waals surface area contributed by atoms with Gasteiger partial charge in [-0.15, -0.1) is 0 Å². The summed E-state index contributed by atoms with van der Waals surface area (Å²) in [5.74, 6) is 1.36. The molecule has 7 nitrogen and oxygen atoms in total. The molecular formula is C25H24N4O3. The Hall–Kier alpha value is -3.68. The van der Waals surface area contributed by atoms with Gasteiger partial charge in [-0.2, -0.15) is 0 Å². The third-order valence-electron chi connectivity index (χ3n) is 5.60. The van der Waals surface area contributed by atoms with Gasteiger partial charge in [0.2, 0.25) is 0 Å². The maximum Gasteiger partial charge on any atom is 0.160 e. The molecule has 3 aromatic carbocycles. The lowest BCUT2D eigenvalue weighted by Crippen LogP contribution is -2.47. The quantitative estimate of drug-likeness (QED) is 0.505. The van der Waals surface area contributed by atoms with Gasteiger partial charge in [0, 0.05) is 18.5 Å². The molecule has 32 heavy (non-hydrogen) atoms. The van der Waals surface area contributed by atoms with E-state index in [9.17, 15) is 5.11 Å². The number of phenolic OH excluding ortho intramolecular Hbond substituents is 1. The fourth-order valence-electron chi connectivity index (χ4n) is 4.00. The van der Waals surface area contributed by atoms with E-state index in [4.69, 9.17) is 14.5 Å². The molecule has 1 aliphatic heterocycles. The summed E-state index contributed by atoms with van der Waals surface area (Å²) in [4.78, 5) is 9.19. The molecule has 2 heterocycles. The minimum atomic E-state index is 0.105. The Balaban J connectivity index is 1.65. The summed E-state index contributed by atoms with van der Waals surface area (Å²) >= 11 is 0. The summed E-state index contributed by atoms with van der Waals surface area (Å²) in [5, 5.41) is 15.6. The van der Waals surface area contributed by atoms with Crippen molar-refractivity contribution in [1.29, 1.82) is 0 Å². The van der Waals surface area contributed by atoms with Crippen LogP contribution in [0.1, 0.15) is 0 Å². The maximum absolute atomic E-state index is 10.3. The zero-order valence-electron chi connectivity index (χ0n) is 17.8. The summed E-state index contributed by atoms with van der Waals surface area (Å²) in [6.45, 7) is 2.88. The van der Waals surface area contributed by atoms with Gasteiger partial charge < -0.3 is 14.6 Å². The van der Waals surface area contributed by atoms with E-state index in [1.807, 2.05) is 36.4 Å². The highest BCUT2D eigenvalue weighted by Crippen LogP contribution is 2.36. The van der Waals surface area contributed by atoms with Gasteiger partial charge in [-0.3, -0.25) is 5.01 Å². The number of hydrogen-bond donors (Lipinski definition) is 1. The average molecular weight is 428 g/mol. The normalized spacial score (nSPS) is 14.4. The molecule has 0 amide bonds. The van der Waals surface area contributed by atoms with Gasteiger partial charge in [0.1, 0.15) is 6.33 Å². The van der Waals surface area contributed by atoms with Gasteiger partial charge in [0.25, 0.3) is 0 Å². The monoisotopic (exact) mass is 428 g/mol. The molecule has 0 unspecified atom stereocenters. The molecule has 1 saturated heterocycles. The molecule has 7 heteroatoms. The Labute approximate surface area is 186 Å². The van der Waals surface area contributed by atoms with Crippen molar-refractivity contribution in [2.45, 2.75) is 0 Å². The molecule has 1 N–H and O–H groups in total. The van der Waals surface area contributed by atoms with Gasteiger partial charge in [-0.1, -0.05) is 30.3 Å². The summed E-state index contributed by atoms with van der Waals surface area (Å²) in [6.07, 6.45) is 1.60. The SMILES string of the molecule is COc1ccc(-c2ccc3ncnc(N(c4ccccc4)N4CCOCC4)c3c2)cc1O. The third kappa shape index (κ3) is 3.84. The van der Waals surface area contributed by atoms with Crippen LogP contribution in [0.5, 0.6) is 11.5 Å². The number of nitrogens with zero attached hydrogens (tertiary/aromatic N) is 4. The highest BCUT2D eigenvalue weighted by Gasteiger charge is 2.24. The predicted molar refractivity (Wildman–Crippen MR) is 124 cm³/mol. The Morgan fingerprint density at radius 1 is 0.938 bits per heavy atom. The van der Waals surface area contributed by atoms with Gasteiger partial charge in [0.15, 0.2) is 17.3 Å². The first kappa shape index (κ1) is 20.2. The minimum absolute atomic E-state index is 0.105. The molecule has 162 valence electrons. The zero-order chi connectivity index (χ0) is 21.9. The molecule has 0 atom stereocenters. The lowest BCUT2D eigenvalue weighted by molar-refractivity contribution is 0.0376. The van der Waals surface area contributed by atoms with Gasteiger partial charge >= 0.3 is 0 Å². The highest BCUT2D eigenvalue weighted by molar-refractivity contribution is 5.94. The van der Waals surface area contributed by atoms with Crippen LogP contribution in [0.4, 0.5) is 11.5 Å². The Morgan fingerprint density at radius 3 is 2.44 bits per heavy atom. The van der Waals surface area contributed by atoms with E-state index in [2.05, 4.69) is 33.2 Å². The lowest BCUT2D eigenvalue weighted by Gasteiger charge is -2.38. The van der Waals surface area contributed by atoms with Crippen molar-refractivity contribution in [3.05, 3.63) is 73.1 Å². The van der Waals surface area contributed by atoms with E-state index in [1.165, 1.54) is 7.11 Å². The van der Waals surface area contributed by atoms with Gasteiger partial charge in [-0.25, -0.2) is 15.0 Å². The molecule has 0 spiro atoms. The van der Waals surface area contributed by atoms with Crippen LogP contribution in [0.2, 0.25) is 0 Å². The van der Waals surface area contributed by atoms with Crippen LogP contribution in [-0.4, -0.2) is 53.5 Å². The lowest BCUT2D eigenvalue weighted by atomic mass is 10.0. The number of fused-ring (bicyclic) bond motifs is 1. The number of methoxy groups -OCH3 is 1.